The standard InChI is InChI=1S/C18H37N3/c1-13(2)17-8-7-16-9-11-20(14(3)4)18(16,17)21(12-10-19)15(5)6/h13-17H,7-12,19H2,1-6H3/t16?,17-,18?/m0/s1. The maximum absolute atomic E-state index is 6.00. The van der Waals surface area contributed by atoms with E-state index in [-0.39, 0.29) is 5.66 Å². The number of likely N-dealkylation sites (tertiary alicyclic amines) is 1. The molecular weight excluding hydrogens is 258 g/mol. The van der Waals surface area contributed by atoms with Gasteiger partial charge in [-0.1, -0.05) is 13.8 Å². The lowest BCUT2D eigenvalue weighted by atomic mass is 9.80. The zero-order valence-electron chi connectivity index (χ0n) is 15.1. The molecule has 2 fully saturated rings. The van der Waals surface area contributed by atoms with Gasteiger partial charge in [0, 0.05) is 31.7 Å². The van der Waals surface area contributed by atoms with E-state index < -0.39 is 0 Å². The molecule has 1 saturated heterocycles. The second-order valence-electron chi connectivity index (χ2n) is 8.06. The van der Waals surface area contributed by atoms with E-state index in [0.717, 1.165) is 30.8 Å². The average molecular weight is 296 g/mol. The molecule has 2 unspecified atom stereocenters. The van der Waals surface area contributed by atoms with Crippen LogP contribution in [0.5, 0.6) is 0 Å². The highest BCUT2D eigenvalue weighted by atomic mass is 15.5. The van der Waals surface area contributed by atoms with Crippen molar-refractivity contribution in [2.45, 2.75) is 78.6 Å². The van der Waals surface area contributed by atoms with E-state index in [1.807, 2.05) is 0 Å². The van der Waals surface area contributed by atoms with Crippen molar-refractivity contribution in [1.29, 1.82) is 0 Å². The molecule has 0 bridgehead atoms. The predicted molar refractivity (Wildman–Crippen MR) is 91.1 cm³/mol. The Bertz CT molecular complexity index is 317. The number of hydrogen-bond acceptors (Lipinski definition) is 3. The summed E-state index contributed by atoms with van der Waals surface area (Å²) in [6.07, 6.45) is 4.16. The molecule has 3 heteroatoms. The summed E-state index contributed by atoms with van der Waals surface area (Å²) in [5.41, 5.74) is 6.26. The normalized spacial score (nSPS) is 33.9. The monoisotopic (exact) mass is 295 g/mol. The number of nitrogens with two attached hydrogens (primary N) is 1. The Balaban J connectivity index is 2.49. The van der Waals surface area contributed by atoms with Crippen LogP contribution in [0.25, 0.3) is 0 Å². The molecule has 2 N–H and O–H groups in total. The molecular formula is C18H37N3. The number of hydrogen-bond donors (Lipinski definition) is 1. The zero-order chi connectivity index (χ0) is 15.8. The Morgan fingerprint density at radius 3 is 2.24 bits per heavy atom. The van der Waals surface area contributed by atoms with Gasteiger partial charge >= 0.3 is 0 Å². The summed E-state index contributed by atoms with van der Waals surface area (Å²) < 4.78 is 0. The highest BCUT2D eigenvalue weighted by Crippen LogP contribution is 2.56. The van der Waals surface area contributed by atoms with E-state index in [9.17, 15) is 0 Å². The molecule has 1 saturated carbocycles. The smallest absolute Gasteiger partial charge is 0.0803 e. The number of fused-ring (bicyclic) bond motifs is 1. The summed E-state index contributed by atoms with van der Waals surface area (Å²) >= 11 is 0. The average Bonchev–Trinajstić information content (AvgIpc) is 2.91. The van der Waals surface area contributed by atoms with Gasteiger partial charge in [0.05, 0.1) is 5.66 Å². The highest BCUT2D eigenvalue weighted by molar-refractivity contribution is 5.11. The maximum atomic E-state index is 6.00. The summed E-state index contributed by atoms with van der Waals surface area (Å²) in [5, 5.41) is 0. The molecule has 3 atom stereocenters. The molecule has 3 nitrogen and oxygen atoms in total. The molecule has 2 aliphatic rings. The summed E-state index contributed by atoms with van der Waals surface area (Å²) in [7, 11) is 0. The van der Waals surface area contributed by atoms with Crippen LogP contribution in [0.15, 0.2) is 0 Å². The number of rotatable bonds is 6. The van der Waals surface area contributed by atoms with E-state index in [2.05, 4.69) is 51.3 Å². The van der Waals surface area contributed by atoms with E-state index in [0.29, 0.717) is 12.1 Å². The molecule has 1 heterocycles. The molecule has 0 amide bonds. The summed E-state index contributed by atoms with van der Waals surface area (Å²) in [6, 6.07) is 1.18. The van der Waals surface area contributed by atoms with Gasteiger partial charge in [0.25, 0.3) is 0 Å². The highest BCUT2D eigenvalue weighted by Gasteiger charge is 2.61. The maximum Gasteiger partial charge on any atom is 0.0803 e. The third-order valence-electron chi connectivity index (χ3n) is 6.03. The lowest BCUT2D eigenvalue weighted by molar-refractivity contribution is -0.118. The fraction of sp³-hybridized carbons (Fsp3) is 1.00. The fourth-order valence-corrected chi connectivity index (χ4v) is 5.48. The van der Waals surface area contributed by atoms with Crippen LogP contribution in [-0.4, -0.2) is 47.2 Å². The van der Waals surface area contributed by atoms with Gasteiger partial charge in [-0.05, 0) is 64.7 Å². The molecule has 124 valence electrons. The molecule has 0 radical (unpaired) electrons. The third kappa shape index (κ3) is 2.66. The Morgan fingerprint density at radius 2 is 1.76 bits per heavy atom. The first kappa shape index (κ1) is 17.2. The summed E-state index contributed by atoms with van der Waals surface area (Å²) in [6.45, 7) is 17.4. The van der Waals surface area contributed by atoms with Gasteiger partial charge in [0.2, 0.25) is 0 Å². The molecule has 0 aromatic rings. The Kier molecular flexibility index (Phi) is 5.38. The number of nitrogens with zero attached hydrogens (tertiary/aromatic N) is 2. The third-order valence-corrected chi connectivity index (χ3v) is 6.03. The van der Waals surface area contributed by atoms with Crippen molar-refractivity contribution < 1.29 is 0 Å². The van der Waals surface area contributed by atoms with Gasteiger partial charge in [0.1, 0.15) is 0 Å². The Morgan fingerprint density at radius 1 is 1.10 bits per heavy atom. The first-order chi connectivity index (χ1) is 9.87. The second kappa shape index (κ2) is 6.55. The minimum atomic E-state index is 0.260. The molecule has 1 aliphatic heterocycles. The van der Waals surface area contributed by atoms with E-state index in [4.69, 9.17) is 5.73 Å². The van der Waals surface area contributed by atoms with Crippen LogP contribution in [0.2, 0.25) is 0 Å². The van der Waals surface area contributed by atoms with Crippen molar-refractivity contribution >= 4 is 0 Å². The summed E-state index contributed by atoms with van der Waals surface area (Å²) in [4.78, 5) is 5.59. The van der Waals surface area contributed by atoms with Crippen LogP contribution in [0.4, 0.5) is 0 Å². The SMILES string of the molecule is CC(C)[C@@H]1CCC2CCN(C(C)C)C21N(CCN)C(C)C. The van der Waals surface area contributed by atoms with E-state index in [1.165, 1.54) is 25.8 Å². The van der Waals surface area contributed by atoms with E-state index >= 15 is 0 Å². The van der Waals surface area contributed by atoms with E-state index in [1.54, 1.807) is 0 Å². The molecule has 1 aliphatic carbocycles. The molecule has 0 aromatic heterocycles. The first-order valence-electron chi connectivity index (χ1n) is 9.10. The lowest BCUT2D eigenvalue weighted by Crippen LogP contribution is -2.67. The Hall–Kier alpha value is -0.120. The van der Waals surface area contributed by atoms with Crippen molar-refractivity contribution in [2.75, 3.05) is 19.6 Å². The van der Waals surface area contributed by atoms with Crippen molar-refractivity contribution in [3.05, 3.63) is 0 Å². The first-order valence-corrected chi connectivity index (χ1v) is 9.10. The van der Waals surface area contributed by atoms with Crippen LogP contribution in [-0.2, 0) is 0 Å². The van der Waals surface area contributed by atoms with Crippen molar-refractivity contribution in [2.24, 2.45) is 23.5 Å². The van der Waals surface area contributed by atoms with Gasteiger partial charge in [0.15, 0.2) is 0 Å². The van der Waals surface area contributed by atoms with Crippen LogP contribution < -0.4 is 5.73 Å². The van der Waals surface area contributed by atoms with Gasteiger partial charge in [-0.2, -0.15) is 0 Å². The quantitative estimate of drug-likeness (QED) is 0.817. The van der Waals surface area contributed by atoms with Gasteiger partial charge in [-0.15, -0.1) is 0 Å². The van der Waals surface area contributed by atoms with Gasteiger partial charge in [-0.3, -0.25) is 9.80 Å². The van der Waals surface area contributed by atoms with Crippen LogP contribution in [0.3, 0.4) is 0 Å². The second-order valence-corrected chi connectivity index (χ2v) is 8.06. The Labute approximate surface area is 132 Å². The topological polar surface area (TPSA) is 32.5 Å². The van der Waals surface area contributed by atoms with Crippen molar-refractivity contribution in [3.8, 4) is 0 Å². The van der Waals surface area contributed by atoms with Crippen molar-refractivity contribution in [3.63, 3.8) is 0 Å². The van der Waals surface area contributed by atoms with Gasteiger partial charge in [-0.25, -0.2) is 0 Å². The zero-order valence-corrected chi connectivity index (χ0v) is 15.1. The van der Waals surface area contributed by atoms with Crippen LogP contribution >= 0.6 is 0 Å². The minimum Gasteiger partial charge on any atom is -0.329 e. The molecule has 0 aromatic carbocycles. The molecule has 2 rings (SSSR count). The van der Waals surface area contributed by atoms with Crippen molar-refractivity contribution in [1.82, 2.24) is 9.80 Å². The van der Waals surface area contributed by atoms with Crippen LogP contribution in [0.1, 0.15) is 60.8 Å². The lowest BCUT2D eigenvalue weighted by Gasteiger charge is -2.55. The fourth-order valence-electron chi connectivity index (χ4n) is 5.48. The molecule has 0 spiro atoms. The van der Waals surface area contributed by atoms with Crippen LogP contribution in [0, 0.1) is 17.8 Å². The molecule has 21 heavy (non-hydrogen) atoms. The predicted octanol–water partition coefficient (Wildman–Crippen LogP) is 3.15. The van der Waals surface area contributed by atoms with Gasteiger partial charge < -0.3 is 5.73 Å². The minimum absolute atomic E-state index is 0.260. The largest absolute Gasteiger partial charge is 0.329 e. The summed E-state index contributed by atoms with van der Waals surface area (Å²) in [5.74, 6) is 2.36.